The standard InChI is InChI=1S/C17H22N2/c1-12-7-8-16(14(3)13(12)2)11-19-10-15-5-4-6-17(18)9-15/h4-9,19H,10-11,18H2,1-3H3. The fourth-order valence-electron chi connectivity index (χ4n) is 2.25. The van der Waals surface area contributed by atoms with E-state index in [1.807, 2.05) is 18.2 Å². The van der Waals surface area contributed by atoms with Crippen LogP contribution in [0, 0.1) is 20.8 Å². The molecule has 0 saturated heterocycles. The Labute approximate surface area is 115 Å². The molecule has 0 aliphatic heterocycles. The summed E-state index contributed by atoms with van der Waals surface area (Å²) in [6.07, 6.45) is 0. The summed E-state index contributed by atoms with van der Waals surface area (Å²) in [6, 6.07) is 12.4. The van der Waals surface area contributed by atoms with Crippen molar-refractivity contribution in [2.75, 3.05) is 5.73 Å². The van der Waals surface area contributed by atoms with Gasteiger partial charge in [-0.15, -0.1) is 0 Å². The third-order valence-corrected chi connectivity index (χ3v) is 3.77. The Kier molecular flexibility index (Phi) is 4.23. The SMILES string of the molecule is Cc1ccc(CNCc2cccc(N)c2)c(C)c1C. The topological polar surface area (TPSA) is 38.0 Å². The zero-order valence-corrected chi connectivity index (χ0v) is 12.0. The highest BCUT2D eigenvalue weighted by Gasteiger charge is 2.03. The van der Waals surface area contributed by atoms with Crippen molar-refractivity contribution in [2.45, 2.75) is 33.9 Å². The van der Waals surface area contributed by atoms with Crippen LogP contribution in [0.15, 0.2) is 36.4 Å². The number of nitrogens with one attached hydrogen (secondary N) is 1. The van der Waals surface area contributed by atoms with Gasteiger partial charge in [0.2, 0.25) is 0 Å². The molecule has 3 N–H and O–H groups in total. The maximum absolute atomic E-state index is 5.77. The maximum Gasteiger partial charge on any atom is 0.0317 e. The molecule has 0 radical (unpaired) electrons. The summed E-state index contributed by atoms with van der Waals surface area (Å²) < 4.78 is 0. The van der Waals surface area contributed by atoms with Crippen molar-refractivity contribution in [1.82, 2.24) is 5.32 Å². The van der Waals surface area contributed by atoms with Gasteiger partial charge >= 0.3 is 0 Å². The van der Waals surface area contributed by atoms with E-state index in [1.165, 1.54) is 27.8 Å². The molecule has 100 valence electrons. The second-order valence-electron chi connectivity index (χ2n) is 5.14. The van der Waals surface area contributed by atoms with Gasteiger partial charge in [0, 0.05) is 18.8 Å². The van der Waals surface area contributed by atoms with Crippen molar-refractivity contribution < 1.29 is 0 Å². The molecule has 2 aromatic carbocycles. The van der Waals surface area contributed by atoms with Crippen LogP contribution in [0.5, 0.6) is 0 Å². The summed E-state index contributed by atoms with van der Waals surface area (Å²) in [5.41, 5.74) is 13.3. The fourth-order valence-corrected chi connectivity index (χ4v) is 2.25. The molecule has 0 spiro atoms. The lowest BCUT2D eigenvalue weighted by Gasteiger charge is -2.12. The van der Waals surface area contributed by atoms with E-state index in [1.54, 1.807) is 0 Å². The van der Waals surface area contributed by atoms with E-state index in [-0.39, 0.29) is 0 Å². The van der Waals surface area contributed by atoms with Gasteiger partial charge in [-0.2, -0.15) is 0 Å². The van der Waals surface area contributed by atoms with Gasteiger partial charge in [-0.25, -0.2) is 0 Å². The molecule has 0 aliphatic rings. The molecular formula is C17H22N2. The summed E-state index contributed by atoms with van der Waals surface area (Å²) in [5.74, 6) is 0. The lowest BCUT2D eigenvalue weighted by Crippen LogP contribution is -2.14. The first kappa shape index (κ1) is 13.6. The Morgan fingerprint density at radius 3 is 2.47 bits per heavy atom. The summed E-state index contributed by atoms with van der Waals surface area (Å²) in [4.78, 5) is 0. The van der Waals surface area contributed by atoms with E-state index >= 15 is 0 Å². The molecule has 0 atom stereocenters. The molecule has 0 aromatic heterocycles. The number of aryl methyl sites for hydroxylation is 1. The highest BCUT2D eigenvalue weighted by Crippen LogP contribution is 2.17. The third kappa shape index (κ3) is 3.36. The fraction of sp³-hybridized carbons (Fsp3) is 0.294. The molecule has 0 aliphatic carbocycles. The number of hydrogen-bond acceptors (Lipinski definition) is 2. The first-order chi connectivity index (χ1) is 9.08. The van der Waals surface area contributed by atoms with Crippen molar-refractivity contribution >= 4 is 5.69 Å². The van der Waals surface area contributed by atoms with E-state index < -0.39 is 0 Å². The van der Waals surface area contributed by atoms with Crippen molar-refractivity contribution in [2.24, 2.45) is 0 Å². The Morgan fingerprint density at radius 2 is 1.74 bits per heavy atom. The number of rotatable bonds is 4. The number of nitrogen functional groups attached to an aromatic ring is 1. The molecule has 0 saturated carbocycles. The normalized spacial score (nSPS) is 10.7. The van der Waals surface area contributed by atoms with Crippen LogP contribution in [0.2, 0.25) is 0 Å². The molecule has 0 unspecified atom stereocenters. The molecule has 0 amide bonds. The molecule has 0 bridgehead atoms. The lowest BCUT2D eigenvalue weighted by atomic mass is 9.99. The maximum atomic E-state index is 5.77. The predicted octanol–water partition coefficient (Wildman–Crippen LogP) is 3.48. The van der Waals surface area contributed by atoms with Gasteiger partial charge in [-0.1, -0.05) is 24.3 Å². The van der Waals surface area contributed by atoms with E-state index in [9.17, 15) is 0 Å². The first-order valence-electron chi connectivity index (χ1n) is 6.68. The molecule has 0 heterocycles. The highest BCUT2D eigenvalue weighted by molar-refractivity contribution is 5.41. The van der Waals surface area contributed by atoms with Crippen molar-refractivity contribution in [3.05, 3.63) is 64.2 Å². The van der Waals surface area contributed by atoms with Gasteiger partial charge in [-0.05, 0) is 60.7 Å². The Bertz CT molecular complexity index is 573. The summed E-state index contributed by atoms with van der Waals surface area (Å²) in [7, 11) is 0. The van der Waals surface area contributed by atoms with Crippen molar-refractivity contribution in [3.63, 3.8) is 0 Å². The van der Waals surface area contributed by atoms with Crippen LogP contribution in [0.1, 0.15) is 27.8 Å². The van der Waals surface area contributed by atoms with Crippen LogP contribution in [-0.2, 0) is 13.1 Å². The van der Waals surface area contributed by atoms with Gasteiger partial charge in [0.05, 0.1) is 0 Å². The van der Waals surface area contributed by atoms with Crippen LogP contribution in [-0.4, -0.2) is 0 Å². The largest absolute Gasteiger partial charge is 0.399 e. The summed E-state index contributed by atoms with van der Waals surface area (Å²) in [6.45, 7) is 8.28. The number of benzene rings is 2. The van der Waals surface area contributed by atoms with Gasteiger partial charge in [0.15, 0.2) is 0 Å². The van der Waals surface area contributed by atoms with Crippen LogP contribution in [0.3, 0.4) is 0 Å². The van der Waals surface area contributed by atoms with Crippen LogP contribution in [0.25, 0.3) is 0 Å². The molecule has 2 aromatic rings. The van der Waals surface area contributed by atoms with Crippen molar-refractivity contribution in [3.8, 4) is 0 Å². The first-order valence-corrected chi connectivity index (χ1v) is 6.68. The number of nitrogens with two attached hydrogens (primary N) is 1. The minimum absolute atomic E-state index is 0.821. The molecule has 19 heavy (non-hydrogen) atoms. The summed E-state index contributed by atoms with van der Waals surface area (Å²) >= 11 is 0. The van der Waals surface area contributed by atoms with Crippen LogP contribution in [0.4, 0.5) is 5.69 Å². The van der Waals surface area contributed by atoms with E-state index in [0.717, 1.165) is 18.8 Å². The second-order valence-corrected chi connectivity index (χ2v) is 5.14. The lowest BCUT2D eigenvalue weighted by molar-refractivity contribution is 0.690. The number of anilines is 1. The predicted molar refractivity (Wildman–Crippen MR) is 82.1 cm³/mol. The van der Waals surface area contributed by atoms with E-state index in [2.05, 4.69) is 44.3 Å². The minimum Gasteiger partial charge on any atom is -0.399 e. The van der Waals surface area contributed by atoms with E-state index in [0.29, 0.717) is 0 Å². The monoisotopic (exact) mass is 254 g/mol. The zero-order chi connectivity index (χ0) is 13.8. The van der Waals surface area contributed by atoms with Gasteiger partial charge in [0.25, 0.3) is 0 Å². The highest BCUT2D eigenvalue weighted by atomic mass is 14.8. The molecule has 0 fully saturated rings. The molecule has 2 nitrogen and oxygen atoms in total. The van der Waals surface area contributed by atoms with Gasteiger partial charge < -0.3 is 11.1 Å². The molecular weight excluding hydrogens is 232 g/mol. The Hall–Kier alpha value is -1.80. The van der Waals surface area contributed by atoms with Crippen LogP contribution < -0.4 is 11.1 Å². The summed E-state index contributed by atoms with van der Waals surface area (Å²) in [5, 5.41) is 3.48. The van der Waals surface area contributed by atoms with E-state index in [4.69, 9.17) is 5.73 Å². The second kappa shape index (κ2) is 5.89. The zero-order valence-electron chi connectivity index (χ0n) is 12.0. The van der Waals surface area contributed by atoms with Gasteiger partial charge in [0.1, 0.15) is 0 Å². The average Bonchev–Trinajstić information content (AvgIpc) is 2.39. The van der Waals surface area contributed by atoms with Crippen molar-refractivity contribution in [1.29, 1.82) is 0 Å². The number of hydrogen-bond donors (Lipinski definition) is 2. The quantitative estimate of drug-likeness (QED) is 0.820. The van der Waals surface area contributed by atoms with Gasteiger partial charge in [-0.3, -0.25) is 0 Å². The Balaban J connectivity index is 1.98. The average molecular weight is 254 g/mol. The molecule has 2 heteroatoms. The Morgan fingerprint density at radius 1 is 0.947 bits per heavy atom. The molecule has 2 rings (SSSR count). The smallest absolute Gasteiger partial charge is 0.0317 e. The third-order valence-electron chi connectivity index (χ3n) is 3.77. The minimum atomic E-state index is 0.821. The van der Waals surface area contributed by atoms with Crippen LogP contribution >= 0.6 is 0 Å².